The molecule has 0 bridgehead atoms. The molecule has 0 aromatic heterocycles. The number of nitrogens with zero attached hydrogens (tertiary/aromatic N) is 1. The predicted molar refractivity (Wildman–Crippen MR) is 109 cm³/mol. The molecule has 2 rings (SSSR count). The summed E-state index contributed by atoms with van der Waals surface area (Å²) in [5, 5.41) is 0.871. The number of nitrogens with one attached hydrogen (secondary N) is 1. The Morgan fingerprint density at radius 1 is 1.11 bits per heavy atom. The van der Waals surface area contributed by atoms with Crippen molar-refractivity contribution in [3.05, 3.63) is 63.6 Å². The van der Waals surface area contributed by atoms with Gasteiger partial charge >= 0.3 is 0 Å². The highest BCUT2D eigenvalue weighted by Gasteiger charge is 2.20. The second-order valence-corrected chi connectivity index (χ2v) is 8.90. The molecule has 0 heterocycles. The number of amides is 1. The van der Waals surface area contributed by atoms with Gasteiger partial charge in [-0.3, -0.25) is 4.79 Å². The molecule has 0 fully saturated rings. The predicted octanol–water partition coefficient (Wildman–Crippen LogP) is 4.34. The van der Waals surface area contributed by atoms with E-state index in [-0.39, 0.29) is 16.8 Å². The molecule has 8 heteroatoms. The first-order valence-electron chi connectivity index (χ1n) is 8.49. The van der Waals surface area contributed by atoms with Gasteiger partial charge in [0, 0.05) is 24.7 Å². The first kappa shape index (κ1) is 21.7. The fourth-order valence-electron chi connectivity index (χ4n) is 2.54. The van der Waals surface area contributed by atoms with E-state index in [0.29, 0.717) is 28.7 Å². The Hall–Kier alpha value is -1.60. The van der Waals surface area contributed by atoms with E-state index < -0.39 is 10.0 Å². The zero-order valence-electron chi connectivity index (χ0n) is 15.4. The van der Waals surface area contributed by atoms with Gasteiger partial charge in [0.05, 0.1) is 14.9 Å². The lowest BCUT2D eigenvalue weighted by Gasteiger charge is -2.22. The third-order valence-electron chi connectivity index (χ3n) is 3.81. The van der Waals surface area contributed by atoms with Crippen LogP contribution in [0, 0.1) is 0 Å². The molecule has 0 unspecified atom stereocenters. The van der Waals surface area contributed by atoms with Gasteiger partial charge in [0.2, 0.25) is 10.0 Å². The number of carbonyl (C=O) groups is 1. The standard InChI is InChI=1S/C19H22Cl2N2O3S/c1-4-23(12-14-8-9-17(20)18(21)10-14)19(24)15-6-5-7-16(11-15)27(25,26)22-13(2)3/h5-11,13,22H,4,12H2,1-3H3. The van der Waals surface area contributed by atoms with Crippen LogP contribution in [-0.2, 0) is 16.6 Å². The number of benzene rings is 2. The Bertz CT molecular complexity index is 930. The van der Waals surface area contributed by atoms with Crippen LogP contribution in [0.2, 0.25) is 10.0 Å². The third-order valence-corrected chi connectivity index (χ3v) is 6.20. The highest BCUT2D eigenvalue weighted by molar-refractivity contribution is 7.89. The van der Waals surface area contributed by atoms with Gasteiger partial charge in [0.15, 0.2) is 0 Å². The molecule has 2 aromatic rings. The van der Waals surface area contributed by atoms with Gasteiger partial charge in [-0.2, -0.15) is 0 Å². The molecule has 0 radical (unpaired) electrons. The molecule has 5 nitrogen and oxygen atoms in total. The second kappa shape index (κ2) is 9.06. The Balaban J connectivity index is 2.26. The maximum Gasteiger partial charge on any atom is 0.254 e. The summed E-state index contributed by atoms with van der Waals surface area (Å²) in [5.41, 5.74) is 1.15. The van der Waals surface area contributed by atoms with E-state index in [9.17, 15) is 13.2 Å². The highest BCUT2D eigenvalue weighted by Crippen LogP contribution is 2.24. The molecule has 0 spiro atoms. The SMILES string of the molecule is CCN(Cc1ccc(Cl)c(Cl)c1)C(=O)c1cccc(S(=O)(=O)NC(C)C)c1. The van der Waals surface area contributed by atoms with Crippen molar-refractivity contribution in [3.8, 4) is 0 Å². The molecule has 27 heavy (non-hydrogen) atoms. The van der Waals surface area contributed by atoms with Gasteiger partial charge in [-0.05, 0) is 56.7 Å². The largest absolute Gasteiger partial charge is 0.335 e. The lowest BCUT2D eigenvalue weighted by atomic mass is 10.1. The first-order valence-corrected chi connectivity index (χ1v) is 10.7. The van der Waals surface area contributed by atoms with E-state index >= 15 is 0 Å². The molecular formula is C19H22Cl2N2O3S. The summed E-state index contributed by atoms with van der Waals surface area (Å²) in [6.07, 6.45) is 0. The van der Waals surface area contributed by atoms with E-state index in [1.54, 1.807) is 49.1 Å². The average Bonchev–Trinajstić information content (AvgIpc) is 2.61. The summed E-state index contributed by atoms with van der Waals surface area (Å²) in [4.78, 5) is 14.6. The van der Waals surface area contributed by atoms with Crippen LogP contribution in [0.25, 0.3) is 0 Å². The molecule has 0 atom stereocenters. The van der Waals surface area contributed by atoms with Gasteiger partial charge in [-0.15, -0.1) is 0 Å². The number of carbonyl (C=O) groups excluding carboxylic acids is 1. The van der Waals surface area contributed by atoms with Gasteiger partial charge in [-0.25, -0.2) is 13.1 Å². The van der Waals surface area contributed by atoms with E-state index in [1.807, 2.05) is 6.92 Å². The lowest BCUT2D eigenvalue weighted by molar-refractivity contribution is 0.0752. The van der Waals surface area contributed by atoms with Gasteiger partial charge in [0.1, 0.15) is 0 Å². The summed E-state index contributed by atoms with van der Waals surface area (Å²) < 4.78 is 27.2. The van der Waals surface area contributed by atoms with E-state index in [2.05, 4.69) is 4.72 Å². The molecule has 0 aliphatic rings. The Morgan fingerprint density at radius 2 is 1.81 bits per heavy atom. The molecule has 146 valence electrons. The number of rotatable bonds is 7. The Morgan fingerprint density at radius 3 is 2.41 bits per heavy atom. The van der Waals surface area contributed by atoms with E-state index in [1.165, 1.54) is 12.1 Å². The van der Waals surface area contributed by atoms with Crippen molar-refractivity contribution >= 4 is 39.1 Å². The quantitative estimate of drug-likeness (QED) is 0.712. The van der Waals surface area contributed by atoms with Crippen molar-refractivity contribution in [2.45, 2.75) is 38.3 Å². The van der Waals surface area contributed by atoms with Crippen LogP contribution in [0.4, 0.5) is 0 Å². The average molecular weight is 429 g/mol. The normalized spacial score (nSPS) is 11.6. The Kier molecular flexibility index (Phi) is 7.28. The molecule has 0 saturated carbocycles. The monoisotopic (exact) mass is 428 g/mol. The topological polar surface area (TPSA) is 66.5 Å². The number of hydrogen-bond donors (Lipinski definition) is 1. The number of halogens is 2. The van der Waals surface area contributed by atoms with Crippen molar-refractivity contribution in [1.29, 1.82) is 0 Å². The minimum atomic E-state index is -3.67. The molecule has 1 N–H and O–H groups in total. The zero-order chi connectivity index (χ0) is 20.2. The number of sulfonamides is 1. The zero-order valence-corrected chi connectivity index (χ0v) is 17.7. The number of hydrogen-bond acceptors (Lipinski definition) is 3. The molecule has 2 aromatic carbocycles. The van der Waals surface area contributed by atoms with E-state index in [0.717, 1.165) is 5.56 Å². The first-order chi connectivity index (χ1) is 12.6. The maximum atomic E-state index is 12.9. The fourth-order valence-corrected chi connectivity index (χ4v) is 4.16. The molecule has 1 amide bonds. The van der Waals surface area contributed by atoms with Crippen molar-refractivity contribution in [2.75, 3.05) is 6.54 Å². The lowest BCUT2D eigenvalue weighted by Crippen LogP contribution is -2.32. The van der Waals surface area contributed by atoms with Crippen molar-refractivity contribution in [1.82, 2.24) is 9.62 Å². The van der Waals surface area contributed by atoms with Crippen molar-refractivity contribution < 1.29 is 13.2 Å². The summed E-state index contributed by atoms with van der Waals surface area (Å²) >= 11 is 12.0. The van der Waals surface area contributed by atoms with Crippen LogP contribution in [0.1, 0.15) is 36.7 Å². The van der Waals surface area contributed by atoms with Gasteiger partial charge in [-0.1, -0.05) is 35.3 Å². The summed E-state index contributed by atoms with van der Waals surface area (Å²) in [6, 6.07) is 11.0. The highest BCUT2D eigenvalue weighted by atomic mass is 35.5. The third kappa shape index (κ3) is 5.69. The minimum Gasteiger partial charge on any atom is -0.335 e. The summed E-state index contributed by atoms with van der Waals surface area (Å²) in [6.45, 7) is 6.13. The molecule has 0 aliphatic carbocycles. The van der Waals surface area contributed by atoms with Crippen LogP contribution in [0.3, 0.4) is 0 Å². The Labute approximate surface area is 170 Å². The maximum absolute atomic E-state index is 12.9. The second-order valence-electron chi connectivity index (χ2n) is 6.37. The van der Waals surface area contributed by atoms with Crippen LogP contribution in [0.15, 0.2) is 47.4 Å². The summed E-state index contributed by atoms with van der Waals surface area (Å²) in [7, 11) is -3.67. The fraction of sp³-hybridized carbons (Fsp3) is 0.316. The molecular weight excluding hydrogens is 407 g/mol. The van der Waals surface area contributed by atoms with E-state index in [4.69, 9.17) is 23.2 Å². The van der Waals surface area contributed by atoms with Crippen LogP contribution < -0.4 is 4.72 Å². The van der Waals surface area contributed by atoms with Crippen LogP contribution >= 0.6 is 23.2 Å². The molecule has 0 aliphatic heterocycles. The summed E-state index contributed by atoms with van der Waals surface area (Å²) in [5.74, 6) is -0.259. The smallest absolute Gasteiger partial charge is 0.254 e. The minimum absolute atomic E-state index is 0.0626. The van der Waals surface area contributed by atoms with Crippen molar-refractivity contribution in [2.24, 2.45) is 0 Å². The van der Waals surface area contributed by atoms with Gasteiger partial charge < -0.3 is 4.90 Å². The molecule has 0 saturated heterocycles. The van der Waals surface area contributed by atoms with Gasteiger partial charge in [0.25, 0.3) is 5.91 Å². The van der Waals surface area contributed by atoms with Crippen LogP contribution in [0.5, 0.6) is 0 Å². The van der Waals surface area contributed by atoms with Crippen LogP contribution in [-0.4, -0.2) is 31.8 Å². The van der Waals surface area contributed by atoms with Crippen molar-refractivity contribution in [3.63, 3.8) is 0 Å².